The number of aryl methyl sites for hydroxylation is 1. The van der Waals surface area contributed by atoms with E-state index < -0.39 is 12.0 Å². The Hall–Kier alpha value is -1.35. The summed E-state index contributed by atoms with van der Waals surface area (Å²) in [7, 11) is 0. The predicted octanol–water partition coefficient (Wildman–Crippen LogP) is 3.54. The Morgan fingerprint density at radius 3 is 2.76 bits per heavy atom. The fourth-order valence-corrected chi connectivity index (χ4v) is 2.99. The average molecular weight is 289 g/mol. The van der Waals surface area contributed by atoms with E-state index in [1.165, 1.54) is 23.1 Å². The van der Waals surface area contributed by atoms with Crippen molar-refractivity contribution < 1.29 is 9.90 Å². The third-order valence-electron chi connectivity index (χ3n) is 4.26. The van der Waals surface area contributed by atoms with Gasteiger partial charge in [-0.25, -0.2) is 0 Å². The normalized spacial score (nSPS) is 15.8. The van der Waals surface area contributed by atoms with Crippen LogP contribution in [0.3, 0.4) is 0 Å². The molecule has 1 unspecified atom stereocenters. The average Bonchev–Trinajstić information content (AvgIpc) is 2.85. The lowest BCUT2D eigenvalue weighted by Crippen LogP contribution is -2.37. The maximum Gasteiger partial charge on any atom is 0.320 e. The Kier molecular flexibility index (Phi) is 5.04. The van der Waals surface area contributed by atoms with E-state index in [1.807, 2.05) is 0 Å². The van der Waals surface area contributed by atoms with Gasteiger partial charge in [-0.2, -0.15) is 0 Å². The van der Waals surface area contributed by atoms with Gasteiger partial charge >= 0.3 is 5.97 Å². The highest BCUT2D eigenvalue weighted by atomic mass is 16.4. The van der Waals surface area contributed by atoms with Crippen LogP contribution in [0, 0.1) is 5.41 Å². The van der Waals surface area contributed by atoms with Crippen LogP contribution in [0.25, 0.3) is 0 Å². The summed E-state index contributed by atoms with van der Waals surface area (Å²) in [6.07, 6.45) is 5.10. The summed E-state index contributed by atoms with van der Waals surface area (Å²) in [5, 5.41) is 12.6. The summed E-state index contributed by atoms with van der Waals surface area (Å²) >= 11 is 0. The van der Waals surface area contributed by atoms with Crippen molar-refractivity contribution in [2.75, 3.05) is 0 Å². The van der Waals surface area contributed by atoms with Gasteiger partial charge in [0, 0.05) is 6.54 Å². The third-order valence-corrected chi connectivity index (χ3v) is 4.26. The van der Waals surface area contributed by atoms with Crippen molar-refractivity contribution >= 4 is 5.97 Å². The van der Waals surface area contributed by atoms with E-state index in [-0.39, 0.29) is 5.41 Å². The Labute approximate surface area is 127 Å². The Morgan fingerprint density at radius 2 is 2.10 bits per heavy atom. The summed E-state index contributed by atoms with van der Waals surface area (Å²) in [6.45, 7) is 7.10. The quantitative estimate of drug-likeness (QED) is 0.842. The van der Waals surface area contributed by atoms with Crippen molar-refractivity contribution in [2.24, 2.45) is 5.41 Å². The van der Waals surface area contributed by atoms with Gasteiger partial charge in [0.2, 0.25) is 0 Å². The van der Waals surface area contributed by atoms with Gasteiger partial charge in [0.05, 0.1) is 0 Å². The smallest absolute Gasteiger partial charge is 0.320 e. The molecule has 1 aromatic rings. The molecule has 3 heteroatoms. The molecule has 1 aliphatic carbocycles. The SMILES string of the molecule is CC(C)(C)CCC(NCc1cccc2c1CCC2)C(=O)O. The van der Waals surface area contributed by atoms with Crippen LogP contribution in [0.1, 0.15) is 56.7 Å². The zero-order chi connectivity index (χ0) is 15.5. The van der Waals surface area contributed by atoms with Crippen LogP contribution in [-0.2, 0) is 24.2 Å². The van der Waals surface area contributed by atoms with Crippen LogP contribution in [0.5, 0.6) is 0 Å². The van der Waals surface area contributed by atoms with E-state index in [4.69, 9.17) is 0 Å². The minimum atomic E-state index is -0.744. The number of fused-ring (bicyclic) bond motifs is 1. The molecule has 0 saturated carbocycles. The van der Waals surface area contributed by atoms with E-state index in [1.54, 1.807) is 0 Å². The first-order valence-electron chi connectivity index (χ1n) is 7.93. The van der Waals surface area contributed by atoms with E-state index in [0.29, 0.717) is 13.0 Å². The van der Waals surface area contributed by atoms with Gasteiger partial charge < -0.3 is 10.4 Å². The molecule has 0 aromatic heterocycles. The second kappa shape index (κ2) is 6.61. The molecule has 0 spiro atoms. The Balaban J connectivity index is 1.96. The fraction of sp³-hybridized carbons (Fsp3) is 0.611. The number of benzene rings is 1. The Bertz CT molecular complexity index is 502. The molecule has 0 amide bonds. The number of carboxylic acid groups (broad SMARTS) is 1. The van der Waals surface area contributed by atoms with Crippen molar-refractivity contribution in [1.82, 2.24) is 5.32 Å². The summed E-state index contributed by atoms with van der Waals surface area (Å²) < 4.78 is 0. The first kappa shape index (κ1) is 16.0. The van der Waals surface area contributed by atoms with Crippen LogP contribution in [0.2, 0.25) is 0 Å². The fourth-order valence-electron chi connectivity index (χ4n) is 2.99. The summed E-state index contributed by atoms with van der Waals surface area (Å²) in [5.74, 6) is -0.744. The Morgan fingerprint density at radius 1 is 1.33 bits per heavy atom. The second-order valence-corrected chi connectivity index (χ2v) is 7.28. The van der Waals surface area contributed by atoms with Gasteiger partial charge in [-0.3, -0.25) is 4.79 Å². The summed E-state index contributed by atoms with van der Waals surface area (Å²) in [6, 6.07) is 5.95. The highest BCUT2D eigenvalue weighted by Crippen LogP contribution is 2.26. The van der Waals surface area contributed by atoms with Crippen molar-refractivity contribution in [3.8, 4) is 0 Å². The highest BCUT2D eigenvalue weighted by molar-refractivity contribution is 5.73. The van der Waals surface area contributed by atoms with E-state index in [0.717, 1.165) is 19.3 Å². The largest absolute Gasteiger partial charge is 0.480 e. The summed E-state index contributed by atoms with van der Waals surface area (Å²) in [4.78, 5) is 11.4. The number of hydrogen-bond donors (Lipinski definition) is 2. The summed E-state index contributed by atoms with van der Waals surface area (Å²) in [5.41, 5.74) is 4.32. The molecule has 1 atom stereocenters. The minimum absolute atomic E-state index is 0.170. The molecule has 116 valence electrons. The third kappa shape index (κ3) is 4.57. The number of carbonyl (C=O) groups is 1. The van der Waals surface area contributed by atoms with Crippen LogP contribution >= 0.6 is 0 Å². The molecule has 0 radical (unpaired) electrons. The molecule has 1 aliphatic rings. The molecule has 2 N–H and O–H groups in total. The maximum atomic E-state index is 11.4. The molecular weight excluding hydrogens is 262 g/mol. The number of aliphatic carboxylic acids is 1. The minimum Gasteiger partial charge on any atom is -0.480 e. The lowest BCUT2D eigenvalue weighted by atomic mass is 9.88. The first-order valence-corrected chi connectivity index (χ1v) is 7.93. The van der Waals surface area contributed by atoms with Gasteiger partial charge in [-0.05, 0) is 54.2 Å². The predicted molar refractivity (Wildman–Crippen MR) is 85.4 cm³/mol. The molecular formula is C18H27NO2. The van der Waals surface area contributed by atoms with Gasteiger partial charge in [-0.1, -0.05) is 39.0 Å². The van der Waals surface area contributed by atoms with Gasteiger partial charge in [0.15, 0.2) is 0 Å². The molecule has 0 fully saturated rings. The molecule has 0 heterocycles. The molecule has 0 saturated heterocycles. The van der Waals surface area contributed by atoms with Gasteiger partial charge in [0.25, 0.3) is 0 Å². The van der Waals surface area contributed by atoms with Crippen LogP contribution < -0.4 is 5.32 Å². The van der Waals surface area contributed by atoms with Crippen molar-refractivity contribution in [3.63, 3.8) is 0 Å². The van der Waals surface area contributed by atoms with E-state index in [2.05, 4.69) is 44.3 Å². The molecule has 21 heavy (non-hydrogen) atoms. The molecule has 3 nitrogen and oxygen atoms in total. The van der Waals surface area contributed by atoms with Crippen molar-refractivity contribution in [1.29, 1.82) is 0 Å². The zero-order valence-electron chi connectivity index (χ0n) is 13.4. The lowest BCUT2D eigenvalue weighted by molar-refractivity contribution is -0.139. The molecule has 2 rings (SSSR count). The van der Waals surface area contributed by atoms with Crippen molar-refractivity contribution in [2.45, 2.75) is 65.5 Å². The zero-order valence-corrected chi connectivity index (χ0v) is 13.4. The van der Waals surface area contributed by atoms with E-state index in [9.17, 15) is 9.90 Å². The number of nitrogens with one attached hydrogen (secondary N) is 1. The first-order chi connectivity index (χ1) is 9.87. The molecule has 1 aromatic carbocycles. The second-order valence-electron chi connectivity index (χ2n) is 7.28. The van der Waals surface area contributed by atoms with Crippen LogP contribution in [0.15, 0.2) is 18.2 Å². The van der Waals surface area contributed by atoms with Gasteiger partial charge in [0.1, 0.15) is 6.04 Å². The van der Waals surface area contributed by atoms with E-state index >= 15 is 0 Å². The molecule has 0 aliphatic heterocycles. The van der Waals surface area contributed by atoms with Crippen molar-refractivity contribution in [3.05, 3.63) is 34.9 Å². The number of hydrogen-bond acceptors (Lipinski definition) is 2. The maximum absolute atomic E-state index is 11.4. The van der Waals surface area contributed by atoms with Gasteiger partial charge in [-0.15, -0.1) is 0 Å². The monoisotopic (exact) mass is 289 g/mol. The highest BCUT2D eigenvalue weighted by Gasteiger charge is 2.21. The number of carboxylic acids is 1. The standard InChI is InChI=1S/C18H27NO2/c1-18(2,3)11-10-16(17(20)21)19-12-14-8-4-6-13-7-5-9-15(13)14/h4,6,8,16,19H,5,7,9-12H2,1-3H3,(H,20,21). The number of rotatable bonds is 6. The molecule has 0 bridgehead atoms. The van der Waals surface area contributed by atoms with Crippen LogP contribution in [0.4, 0.5) is 0 Å². The topological polar surface area (TPSA) is 49.3 Å². The lowest BCUT2D eigenvalue weighted by Gasteiger charge is -2.22. The van der Waals surface area contributed by atoms with Crippen LogP contribution in [-0.4, -0.2) is 17.1 Å².